The number of nitrogens with one attached hydrogen (secondary N) is 1. The van der Waals surface area contributed by atoms with Crippen LogP contribution in [0.2, 0.25) is 0 Å². The topological polar surface area (TPSA) is 67.9 Å². The molecule has 6 nitrogen and oxygen atoms in total. The van der Waals surface area contributed by atoms with Crippen LogP contribution in [-0.4, -0.2) is 26.0 Å². The van der Waals surface area contributed by atoms with Crippen LogP contribution >= 0.6 is 0 Å². The fraction of sp³-hybridized carbons (Fsp3) is 0.0833. The molecule has 0 fully saturated rings. The maximum Gasteiger partial charge on any atom is 0.282 e. The van der Waals surface area contributed by atoms with Gasteiger partial charge >= 0.3 is 0 Å². The Morgan fingerprint density at radius 3 is 2.13 bits per heavy atom. The minimum atomic E-state index is -0.520. The van der Waals surface area contributed by atoms with Crippen molar-refractivity contribution in [2.75, 3.05) is 24.4 Å². The molecule has 0 unspecified atom stereocenters. The van der Waals surface area contributed by atoms with E-state index >= 15 is 0 Å². The molecule has 7 heteroatoms. The highest BCUT2D eigenvalue weighted by atomic mass is 19.1. The normalized spacial score (nSPS) is 13.6. The van der Waals surface area contributed by atoms with Gasteiger partial charge in [-0.3, -0.25) is 9.59 Å². The summed E-state index contributed by atoms with van der Waals surface area (Å²) in [5.41, 5.74) is 1.67. The zero-order valence-corrected chi connectivity index (χ0v) is 16.9. The monoisotopic (exact) mass is 418 g/mol. The molecule has 3 aromatic carbocycles. The van der Waals surface area contributed by atoms with Crippen molar-refractivity contribution in [1.82, 2.24) is 0 Å². The molecule has 0 saturated heterocycles. The van der Waals surface area contributed by atoms with Crippen LogP contribution in [0.3, 0.4) is 0 Å². The van der Waals surface area contributed by atoms with Crippen molar-refractivity contribution in [3.05, 3.63) is 89.9 Å². The number of rotatable bonds is 6. The predicted molar refractivity (Wildman–Crippen MR) is 115 cm³/mol. The van der Waals surface area contributed by atoms with Gasteiger partial charge < -0.3 is 14.8 Å². The van der Waals surface area contributed by atoms with Gasteiger partial charge in [0.15, 0.2) is 0 Å². The van der Waals surface area contributed by atoms with Crippen LogP contribution in [0.15, 0.2) is 78.5 Å². The van der Waals surface area contributed by atoms with Crippen molar-refractivity contribution in [3.63, 3.8) is 0 Å². The Hall–Kier alpha value is -4.13. The Kier molecular flexibility index (Phi) is 5.41. The molecule has 0 spiro atoms. The van der Waals surface area contributed by atoms with E-state index < -0.39 is 17.6 Å². The summed E-state index contributed by atoms with van der Waals surface area (Å²) in [6.07, 6.45) is 0. The Labute approximate surface area is 178 Å². The number of hydrogen-bond acceptors (Lipinski definition) is 5. The summed E-state index contributed by atoms with van der Waals surface area (Å²) in [6.45, 7) is 0. The van der Waals surface area contributed by atoms with Gasteiger partial charge in [0, 0.05) is 11.8 Å². The number of carbonyl (C=O) groups excluding carboxylic acids is 2. The van der Waals surface area contributed by atoms with Gasteiger partial charge in [0.25, 0.3) is 11.8 Å². The summed E-state index contributed by atoms with van der Waals surface area (Å²) in [4.78, 5) is 27.8. The van der Waals surface area contributed by atoms with Crippen molar-refractivity contribution >= 4 is 28.8 Å². The number of hydrogen-bond donors (Lipinski definition) is 1. The van der Waals surface area contributed by atoms with Crippen molar-refractivity contribution in [1.29, 1.82) is 0 Å². The van der Waals surface area contributed by atoms with Gasteiger partial charge in [-0.2, -0.15) is 0 Å². The first-order valence-corrected chi connectivity index (χ1v) is 9.46. The maximum atomic E-state index is 13.5. The SMILES string of the molecule is COc1ccc(NC2=C(c3ccc(F)cc3)C(=O)N(c3cccc(OC)c3)C2=O)cc1. The van der Waals surface area contributed by atoms with Crippen molar-refractivity contribution < 1.29 is 23.5 Å². The third-order valence-corrected chi connectivity index (χ3v) is 4.89. The van der Waals surface area contributed by atoms with Crippen LogP contribution in [0.1, 0.15) is 5.56 Å². The van der Waals surface area contributed by atoms with E-state index in [1.165, 1.54) is 31.4 Å². The summed E-state index contributed by atoms with van der Waals surface area (Å²) in [5.74, 6) is -0.298. The lowest BCUT2D eigenvalue weighted by Crippen LogP contribution is -2.32. The summed E-state index contributed by atoms with van der Waals surface area (Å²) in [7, 11) is 3.06. The van der Waals surface area contributed by atoms with E-state index in [0.29, 0.717) is 28.4 Å². The average molecular weight is 418 g/mol. The zero-order valence-electron chi connectivity index (χ0n) is 16.9. The Morgan fingerprint density at radius 2 is 1.48 bits per heavy atom. The molecular weight excluding hydrogens is 399 g/mol. The molecule has 156 valence electrons. The molecule has 31 heavy (non-hydrogen) atoms. The molecule has 4 rings (SSSR count). The number of benzene rings is 3. The molecule has 0 saturated carbocycles. The Bertz CT molecular complexity index is 1170. The summed E-state index contributed by atoms with van der Waals surface area (Å²) in [5, 5.41) is 3.05. The van der Waals surface area contributed by atoms with E-state index in [2.05, 4.69) is 5.32 Å². The van der Waals surface area contributed by atoms with Crippen LogP contribution in [0.4, 0.5) is 15.8 Å². The number of amides is 2. The first-order chi connectivity index (χ1) is 15.0. The second kappa shape index (κ2) is 8.31. The van der Waals surface area contributed by atoms with Gasteiger partial charge in [-0.15, -0.1) is 0 Å². The first-order valence-electron chi connectivity index (χ1n) is 9.46. The fourth-order valence-corrected chi connectivity index (χ4v) is 3.33. The van der Waals surface area contributed by atoms with E-state index in [9.17, 15) is 14.0 Å². The van der Waals surface area contributed by atoms with Crippen LogP contribution in [0.5, 0.6) is 11.5 Å². The molecule has 0 bridgehead atoms. The Morgan fingerprint density at radius 1 is 0.806 bits per heavy atom. The standard InChI is InChI=1S/C24H19FN2O4/c1-30-19-12-10-17(11-13-19)26-22-21(15-6-8-16(25)9-7-15)23(28)27(24(22)29)18-4-3-5-20(14-18)31-2/h3-14,26H,1-2H3. The molecule has 0 aromatic heterocycles. The van der Waals surface area contributed by atoms with Gasteiger partial charge in [0.2, 0.25) is 0 Å². The van der Waals surface area contributed by atoms with Gasteiger partial charge in [-0.1, -0.05) is 18.2 Å². The number of ether oxygens (including phenoxy) is 2. The lowest BCUT2D eigenvalue weighted by Gasteiger charge is -2.16. The van der Waals surface area contributed by atoms with Crippen LogP contribution < -0.4 is 19.7 Å². The molecule has 1 aliphatic heterocycles. The number of imide groups is 1. The second-order valence-electron chi connectivity index (χ2n) is 6.76. The van der Waals surface area contributed by atoms with Crippen molar-refractivity contribution in [2.24, 2.45) is 0 Å². The molecule has 1 aliphatic rings. The minimum absolute atomic E-state index is 0.101. The summed E-state index contributed by atoms with van der Waals surface area (Å²) >= 11 is 0. The van der Waals surface area contributed by atoms with E-state index in [1.807, 2.05) is 0 Å². The fourth-order valence-electron chi connectivity index (χ4n) is 3.33. The van der Waals surface area contributed by atoms with Gasteiger partial charge in [0.05, 0.1) is 25.5 Å². The van der Waals surface area contributed by atoms with Crippen molar-refractivity contribution in [2.45, 2.75) is 0 Å². The highest BCUT2D eigenvalue weighted by molar-refractivity contribution is 6.46. The van der Waals surface area contributed by atoms with Gasteiger partial charge in [0.1, 0.15) is 23.0 Å². The third kappa shape index (κ3) is 3.85. The molecule has 1 N–H and O–H groups in total. The van der Waals surface area contributed by atoms with E-state index in [1.54, 1.807) is 55.6 Å². The number of halogens is 1. The van der Waals surface area contributed by atoms with Crippen LogP contribution in [0, 0.1) is 5.82 Å². The lowest BCUT2D eigenvalue weighted by molar-refractivity contribution is -0.120. The number of anilines is 2. The average Bonchev–Trinajstić information content (AvgIpc) is 3.04. The molecule has 0 aliphatic carbocycles. The third-order valence-electron chi connectivity index (χ3n) is 4.89. The lowest BCUT2D eigenvalue weighted by atomic mass is 10.0. The maximum absolute atomic E-state index is 13.5. The van der Waals surface area contributed by atoms with Crippen molar-refractivity contribution in [3.8, 4) is 11.5 Å². The predicted octanol–water partition coefficient (Wildman–Crippen LogP) is 4.24. The quantitative estimate of drug-likeness (QED) is 0.607. The zero-order chi connectivity index (χ0) is 22.0. The van der Waals surface area contributed by atoms with E-state index in [-0.39, 0.29) is 11.3 Å². The van der Waals surface area contributed by atoms with Crippen LogP contribution in [-0.2, 0) is 9.59 Å². The minimum Gasteiger partial charge on any atom is -0.497 e. The number of carbonyl (C=O) groups is 2. The smallest absolute Gasteiger partial charge is 0.282 e. The highest BCUT2D eigenvalue weighted by Crippen LogP contribution is 2.35. The number of methoxy groups -OCH3 is 2. The molecule has 1 heterocycles. The van der Waals surface area contributed by atoms with E-state index in [0.717, 1.165) is 4.90 Å². The summed E-state index contributed by atoms with van der Waals surface area (Å²) < 4.78 is 23.8. The molecule has 0 atom stereocenters. The van der Waals surface area contributed by atoms with Gasteiger partial charge in [-0.05, 0) is 54.1 Å². The molecule has 0 radical (unpaired) electrons. The second-order valence-corrected chi connectivity index (χ2v) is 6.76. The molecule has 3 aromatic rings. The largest absolute Gasteiger partial charge is 0.497 e. The van der Waals surface area contributed by atoms with Gasteiger partial charge in [-0.25, -0.2) is 9.29 Å². The molecular formula is C24H19FN2O4. The van der Waals surface area contributed by atoms with E-state index in [4.69, 9.17) is 9.47 Å². The van der Waals surface area contributed by atoms with Crippen LogP contribution in [0.25, 0.3) is 5.57 Å². The summed E-state index contributed by atoms with van der Waals surface area (Å²) in [6, 6.07) is 19.1. The Balaban J connectivity index is 1.79. The highest BCUT2D eigenvalue weighted by Gasteiger charge is 2.40. The molecule has 2 amide bonds. The first kappa shape index (κ1) is 20.2. The number of nitrogens with zero attached hydrogens (tertiary/aromatic N) is 1.